The van der Waals surface area contributed by atoms with Crippen molar-refractivity contribution in [2.75, 3.05) is 25.6 Å². The summed E-state index contributed by atoms with van der Waals surface area (Å²) in [6.07, 6.45) is 9.83. The Bertz CT molecular complexity index is 1350. The quantitative estimate of drug-likeness (QED) is 0.280. The molecule has 3 saturated carbocycles. The number of carboxylic acids is 1. The molecule has 0 aromatic carbocycles. The van der Waals surface area contributed by atoms with Crippen molar-refractivity contribution in [3.8, 4) is 0 Å². The van der Waals surface area contributed by atoms with Crippen molar-refractivity contribution in [1.29, 1.82) is 0 Å². The van der Waals surface area contributed by atoms with Crippen molar-refractivity contribution in [1.82, 2.24) is 20.2 Å². The average Bonchev–Trinajstić information content (AvgIpc) is 3.42. The number of nitrogen functional groups attached to an aromatic ring is 1. The molecule has 0 spiro atoms. The molecule has 2 bridgehead atoms. The molecule has 5 aliphatic rings. The van der Waals surface area contributed by atoms with E-state index in [-0.39, 0.29) is 51.2 Å². The molecule has 6 rings (SSSR count). The Hall–Kier alpha value is -2.04. The number of carboxylic acid groups (broad SMARTS) is 1. The van der Waals surface area contributed by atoms with E-state index in [0.717, 1.165) is 51.4 Å². The van der Waals surface area contributed by atoms with Gasteiger partial charge in [0.25, 0.3) is 5.95 Å². The highest BCUT2D eigenvalue weighted by molar-refractivity contribution is 5.73. The Morgan fingerprint density at radius 2 is 1.89 bits per heavy atom. The minimum Gasteiger partial charge on any atom is -0.481 e. The fourth-order valence-electron chi connectivity index (χ4n) is 12.2. The van der Waals surface area contributed by atoms with Crippen LogP contribution in [-0.2, 0) is 14.3 Å². The third-order valence-corrected chi connectivity index (χ3v) is 15.0. The summed E-state index contributed by atoms with van der Waals surface area (Å²) >= 11 is 0. The summed E-state index contributed by atoms with van der Waals surface area (Å²) in [4.78, 5) is 15.1. The van der Waals surface area contributed by atoms with Gasteiger partial charge in [0.2, 0.25) is 0 Å². The molecule has 10 heteroatoms. The van der Waals surface area contributed by atoms with Gasteiger partial charge in [0, 0.05) is 16.9 Å². The van der Waals surface area contributed by atoms with Gasteiger partial charge >= 0.3 is 5.97 Å². The number of rotatable bonds is 9. The zero-order chi connectivity index (χ0) is 33.4. The van der Waals surface area contributed by atoms with Crippen molar-refractivity contribution in [2.45, 2.75) is 125 Å². The molecule has 258 valence electrons. The summed E-state index contributed by atoms with van der Waals surface area (Å²) in [7, 11) is 0. The highest BCUT2D eigenvalue weighted by atomic mass is 16.5. The second-order valence-electron chi connectivity index (χ2n) is 17.4. The molecule has 1 aliphatic heterocycles. The lowest BCUT2D eigenvalue weighted by molar-refractivity contribution is -0.252. The maximum Gasteiger partial charge on any atom is 0.307 e. The van der Waals surface area contributed by atoms with Crippen LogP contribution in [0, 0.1) is 56.7 Å². The highest BCUT2D eigenvalue weighted by Crippen LogP contribution is 2.75. The van der Waals surface area contributed by atoms with Crippen LogP contribution in [0.4, 0.5) is 5.95 Å². The number of tetrazole rings is 1. The van der Waals surface area contributed by atoms with Crippen LogP contribution >= 0.6 is 0 Å². The molecular weight excluding hydrogens is 580 g/mol. The van der Waals surface area contributed by atoms with Crippen molar-refractivity contribution < 1.29 is 19.4 Å². The SMILES string of the molecule is CCC[C@H](N)CO[C@H]1[C@H](n2nnc(N)n2)CC23COC[C@@]1(C)[C@@H]2CC[C@H]1C3=CC[C@@]2(C)[C@H](C(=O)O)[C@@](C)([C@H](C)C(C)C)CC[C@]12C. The number of allylic oxidation sites excluding steroid dienone is 1. The third kappa shape index (κ3) is 4.66. The van der Waals surface area contributed by atoms with E-state index < -0.39 is 11.9 Å². The van der Waals surface area contributed by atoms with Crippen LogP contribution in [0.15, 0.2) is 11.6 Å². The van der Waals surface area contributed by atoms with E-state index in [4.69, 9.17) is 20.9 Å². The molecule has 5 N–H and O–H groups in total. The second kappa shape index (κ2) is 11.5. The Kier molecular flexibility index (Phi) is 8.49. The third-order valence-electron chi connectivity index (χ3n) is 15.0. The number of nitrogens with zero attached hydrogens (tertiary/aromatic N) is 4. The molecular formula is C36H60N6O4. The first-order valence-corrected chi connectivity index (χ1v) is 18.0. The van der Waals surface area contributed by atoms with Gasteiger partial charge in [0.05, 0.1) is 31.8 Å². The van der Waals surface area contributed by atoms with Crippen LogP contribution < -0.4 is 11.5 Å². The van der Waals surface area contributed by atoms with E-state index >= 15 is 0 Å². The predicted octanol–water partition coefficient (Wildman–Crippen LogP) is 5.90. The summed E-state index contributed by atoms with van der Waals surface area (Å²) in [6, 6.07) is -0.205. The average molecular weight is 641 g/mol. The molecule has 0 radical (unpaired) electrons. The summed E-state index contributed by atoms with van der Waals surface area (Å²) in [5.41, 5.74) is 12.7. The number of aromatic nitrogens is 4. The van der Waals surface area contributed by atoms with E-state index in [1.165, 1.54) is 5.57 Å². The Morgan fingerprint density at radius 1 is 1.15 bits per heavy atom. The van der Waals surface area contributed by atoms with Crippen LogP contribution in [0.5, 0.6) is 0 Å². The van der Waals surface area contributed by atoms with Crippen molar-refractivity contribution >= 4 is 11.9 Å². The molecule has 0 amide bonds. The molecule has 2 heterocycles. The number of anilines is 1. The normalized spacial score (nSPS) is 44.8. The first-order valence-electron chi connectivity index (χ1n) is 18.0. The fraction of sp³-hybridized carbons (Fsp3) is 0.889. The maximum atomic E-state index is 13.4. The van der Waals surface area contributed by atoms with E-state index in [1.54, 1.807) is 4.80 Å². The molecule has 10 nitrogen and oxygen atoms in total. The summed E-state index contributed by atoms with van der Waals surface area (Å²) in [6.45, 7) is 20.0. The van der Waals surface area contributed by atoms with E-state index in [9.17, 15) is 9.90 Å². The summed E-state index contributed by atoms with van der Waals surface area (Å²) in [5.74, 6) is 0.503. The van der Waals surface area contributed by atoms with Crippen LogP contribution in [0.2, 0.25) is 0 Å². The van der Waals surface area contributed by atoms with Crippen molar-refractivity contribution in [3.63, 3.8) is 0 Å². The minimum absolute atomic E-state index is 0.0359. The van der Waals surface area contributed by atoms with Gasteiger partial charge in [-0.05, 0) is 90.1 Å². The molecule has 1 aromatic rings. The number of nitrogens with two attached hydrogens (primary N) is 2. The van der Waals surface area contributed by atoms with E-state index in [0.29, 0.717) is 43.5 Å². The molecule has 46 heavy (non-hydrogen) atoms. The second-order valence-corrected chi connectivity index (χ2v) is 17.4. The topological polar surface area (TPSA) is 151 Å². The molecule has 1 saturated heterocycles. The first kappa shape index (κ1) is 33.8. The Balaban J connectivity index is 1.43. The number of ether oxygens (including phenoxy) is 2. The van der Waals surface area contributed by atoms with Gasteiger partial charge in [-0.3, -0.25) is 4.79 Å². The van der Waals surface area contributed by atoms with Gasteiger partial charge in [0.1, 0.15) is 6.04 Å². The van der Waals surface area contributed by atoms with Gasteiger partial charge in [-0.15, -0.1) is 5.10 Å². The minimum atomic E-state index is -0.630. The summed E-state index contributed by atoms with van der Waals surface area (Å²) < 4.78 is 13.4. The molecule has 4 aliphatic carbocycles. The molecule has 12 atom stereocenters. The fourth-order valence-corrected chi connectivity index (χ4v) is 12.2. The van der Waals surface area contributed by atoms with E-state index in [1.807, 2.05) is 0 Å². The smallest absolute Gasteiger partial charge is 0.307 e. The zero-order valence-electron chi connectivity index (χ0n) is 29.6. The lowest BCUT2D eigenvalue weighted by atomic mass is 9.34. The van der Waals surface area contributed by atoms with E-state index in [2.05, 4.69) is 76.9 Å². The molecule has 4 fully saturated rings. The van der Waals surface area contributed by atoms with Crippen LogP contribution in [0.25, 0.3) is 0 Å². The van der Waals surface area contributed by atoms with Gasteiger partial charge in [-0.1, -0.05) is 78.6 Å². The predicted molar refractivity (Wildman–Crippen MR) is 177 cm³/mol. The molecule has 1 unspecified atom stereocenters. The van der Waals surface area contributed by atoms with Crippen molar-refractivity contribution in [3.05, 3.63) is 11.6 Å². The van der Waals surface area contributed by atoms with Crippen LogP contribution in [0.3, 0.4) is 0 Å². The van der Waals surface area contributed by atoms with Crippen molar-refractivity contribution in [2.24, 2.45) is 62.4 Å². The largest absolute Gasteiger partial charge is 0.481 e. The summed E-state index contributed by atoms with van der Waals surface area (Å²) in [5, 5.41) is 24.0. The van der Waals surface area contributed by atoms with Crippen LogP contribution in [0.1, 0.15) is 113 Å². The lowest BCUT2D eigenvalue weighted by Crippen LogP contribution is -2.69. The standard InChI is InChI=1S/C36H60N6O4/c1-9-10-23(37)18-46-29-26(42-40-31(38)39-41-42)17-36-20-45-19-33(29,6)27(36)12-11-24-25(36)13-14-35(8)28(30(43)44)32(5,22(4)21(2)3)15-16-34(24,35)7/h13,21-24,26-29H,9-12,14-20,37H2,1-8H3,(H2,38,40)(H,43,44)/t22-,23+,24+,26-,27+,28-,29+,32-,33+,34-,35+,36?/m1/s1. The Labute approximate surface area is 275 Å². The number of fused-ring (bicyclic) bond motifs is 3. The van der Waals surface area contributed by atoms with Gasteiger partial charge < -0.3 is 26.0 Å². The number of carbonyl (C=O) groups is 1. The lowest BCUT2D eigenvalue weighted by Gasteiger charge is -2.71. The number of hydrogen-bond acceptors (Lipinski definition) is 8. The zero-order valence-corrected chi connectivity index (χ0v) is 29.6. The monoisotopic (exact) mass is 640 g/mol. The Morgan fingerprint density at radius 3 is 2.52 bits per heavy atom. The molecule has 1 aromatic heterocycles. The van der Waals surface area contributed by atoms with Gasteiger partial charge in [0.15, 0.2) is 0 Å². The number of hydrogen-bond donors (Lipinski definition) is 3. The maximum absolute atomic E-state index is 13.4. The van der Waals surface area contributed by atoms with Gasteiger partial charge in [-0.25, -0.2) is 0 Å². The van der Waals surface area contributed by atoms with Crippen LogP contribution in [-0.4, -0.2) is 63.2 Å². The number of aliphatic carboxylic acids is 1. The van der Waals surface area contributed by atoms with Gasteiger partial charge in [-0.2, -0.15) is 4.80 Å². The highest BCUT2D eigenvalue weighted by Gasteiger charge is 2.72. The first-order chi connectivity index (χ1) is 21.6.